The molecule has 0 fully saturated rings. The Hall–Kier alpha value is -1.95. The Balaban J connectivity index is 2.02. The normalized spacial score (nSPS) is 20.0. The number of hydrogen-bond acceptors (Lipinski definition) is 3. The molecule has 1 N–H and O–H groups in total. The first-order valence-electron chi connectivity index (χ1n) is 7.89. The van der Waals surface area contributed by atoms with E-state index in [1.165, 1.54) is 4.57 Å². The number of H-pyrrole nitrogens is 1. The van der Waals surface area contributed by atoms with Crippen LogP contribution in [-0.4, -0.2) is 29.5 Å². The number of rotatable bonds is 7. The van der Waals surface area contributed by atoms with Crippen molar-refractivity contribution in [2.45, 2.75) is 39.0 Å². The predicted molar refractivity (Wildman–Crippen MR) is 90.9 cm³/mol. The maximum Gasteiger partial charge on any atom is 0.330 e. The van der Waals surface area contributed by atoms with Gasteiger partial charge >= 0.3 is 11.2 Å². The summed E-state index contributed by atoms with van der Waals surface area (Å²) < 4.78 is 1.76. The molecule has 6 heteroatoms. The average Bonchev–Trinajstić information content (AvgIpc) is 2.83. The fourth-order valence-corrected chi connectivity index (χ4v) is 2.78. The van der Waals surface area contributed by atoms with Gasteiger partial charge < -0.3 is 0 Å². The molecule has 6 nitrogen and oxygen atoms in total. The Morgan fingerprint density at radius 3 is 2.77 bits per heavy atom. The molecule has 1 atom stereocenters. The Morgan fingerprint density at radius 2 is 2.05 bits per heavy atom. The highest BCUT2D eigenvalue weighted by atomic mass is 16.2. The van der Waals surface area contributed by atoms with E-state index in [4.69, 9.17) is 0 Å². The SMILES string of the molecule is CC/C=C\CCCCC[N+]1(C)C=Nc2c1c(=O)[nH]c(=O)n2C. The number of aromatic nitrogens is 2. The molecule has 1 aromatic heterocycles. The van der Waals surface area contributed by atoms with E-state index in [1.807, 2.05) is 7.05 Å². The highest BCUT2D eigenvalue weighted by molar-refractivity contribution is 5.86. The van der Waals surface area contributed by atoms with Crippen molar-refractivity contribution in [2.24, 2.45) is 12.0 Å². The van der Waals surface area contributed by atoms with Crippen molar-refractivity contribution in [1.29, 1.82) is 0 Å². The second-order valence-corrected chi connectivity index (χ2v) is 5.96. The monoisotopic (exact) mass is 305 g/mol. The number of unbranched alkanes of at least 4 members (excludes halogenated alkanes) is 3. The molecule has 0 radical (unpaired) electrons. The largest absolute Gasteiger partial charge is 0.330 e. The molecule has 120 valence electrons. The third-order valence-corrected chi connectivity index (χ3v) is 4.11. The summed E-state index contributed by atoms with van der Waals surface area (Å²) in [5.41, 5.74) is -0.186. The summed E-state index contributed by atoms with van der Waals surface area (Å²) >= 11 is 0. The molecule has 0 spiro atoms. The molecule has 0 saturated carbocycles. The fourth-order valence-electron chi connectivity index (χ4n) is 2.78. The zero-order chi connectivity index (χ0) is 16.2. The van der Waals surface area contributed by atoms with E-state index in [-0.39, 0.29) is 5.56 Å². The summed E-state index contributed by atoms with van der Waals surface area (Å²) in [6, 6.07) is 0. The molecule has 0 amide bonds. The lowest BCUT2D eigenvalue weighted by Gasteiger charge is -2.24. The Kier molecular flexibility index (Phi) is 5.13. The van der Waals surface area contributed by atoms with Crippen molar-refractivity contribution < 1.29 is 0 Å². The maximum atomic E-state index is 12.1. The smallest absolute Gasteiger partial charge is 0.276 e. The van der Waals surface area contributed by atoms with Crippen LogP contribution in [-0.2, 0) is 7.05 Å². The number of nitrogens with one attached hydrogen (secondary N) is 1. The van der Waals surface area contributed by atoms with E-state index in [0.29, 0.717) is 16.0 Å². The molecule has 0 aromatic carbocycles. The van der Waals surface area contributed by atoms with Gasteiger partial charge in [0.25, 0.3) is 0 Å². The van der Waals surface area contributed by atoms with Crippen molar-refractivity contribution >= 4 is 17.8 Å². The van der Waals surface area contributed by atoms with Crippen LogP contribution in [0, 0.1) is 0 Å². The minimum atomic E-state index is -0.419. The average molecular weight is 305 g/mol. The number of quaternary nitrogens is 1. The van der Waals surface area contributed by atoms with Gasteiger partial charge in [-0.1, -0.05) is 19.1 Å². The number of allylic oxidation sites excluding steroid dienone is 2. The molecule has 0 saturated heterocycles. The number of fused-ring (bicyclic) bond motifs is 1. The van der Waals surface area contributed by atoms with Crippen molar-refractivity contribution in [3.05, 3.63) is 33.0 Å². The fraction of sp³-hybridized carbons (Fsp3) is 0.562. The summed E-state index contributed by atoms with van der Waals surface area (Å²) in [5, 5.41) is 0. The molecule has 0 bridgehead atoms. The Labute approximate surface area is 130 Å². The number of nitrogens with zero attached hydrogens (tertiary/aromatic N) is 3. The van der Waals surface area contributed by atoms with E-state index >= 15 is 0 Å². The lowest BCUT2D eigenvalue weighted by atomic mass is 10.1. The maximum absolute atomic E-state index is 12.1. The zero-order valence-electron chi connectivity index (χ0n) is 13.6. The van der Waals surface area contributed by atoms with Gasteiger partial charge in [0.15, 0.2) is 6.34 Å². The third-order valence-electron chi connectivity index (χ3n) is 4.11. The highest BCUT2D eigenvalue weighted by Gasteiger charge is 2.36. The third kappa shape index (κ3) is 3.27. The lowest BCUT2D eigenvalue weighted by Crippen LogP contribution is -2.47. The van der Waals surface area contributed by atoms with Crippen LogP contribution in [0.1, 0.15) is 39.0 Å². The van der Waals surface area contributed by atoms with Crippen LogP contribution in [0.4, 0.5) is 11.5 Å². The van der Waals surface area contributed by atoms with Gasteiger partial charge in [-0.05, 0) is 32.1 Å². The molecule has 1 aromatic rings. The highest BCUT2D eigenvalue weighted by Crippen LogP contribution is 2.31. The quantitative estimate of drug-likeness (QED) is 0.477. The van der Waals surface area contributed by atoms with Crippen molar-refractivity contribution in [3.8, 4) is 0 Å². The minimum absolute atomic E-state index is 0.330. The first kappa shape index (κ1) is 16.4. The van der Waals surface area contributed by atoms with E-state index in [2.05, 4.69) is 29.1 Å². The van der Waals surface area contributed by atoms with Gasteiger partial charge in [0.05, 0.1) is 13.6 Å². The first-order chi connectivity index (χ1) is 10.5. The first-order valence-corrected chi connectivity index (χ1v) is 7.89. The van der Waals surface area contributed by atoms with Crippen LogP contribution in [0.15, 0.2) is 26.7 Å². The number of hydrogen-bond donors (Lipinski definition) is 1. The van der Waals surface area contributed by atoms with E-state index < -0.39 is 5.69 Å². The minimum Gasteiger partial charge on any atom is -0.276 e. The van der Waals surface area contributed by atoms with Crippen molar-refractivity contribution in [3.63, 3.8) is 0 Å². The Bertz CT molecular complexity index is 699. The van der Waals surface area contributed by atoms with E-state index in [1.54, 1.807) is 13.4 Å². The summed E-state index contributed by atoms with van der Waals surface area (Å²) in [6.07, 6.45) is 11.7. The topological polar surface area (TPSA) is 67.2 Å². The molecule has 0 aliphatic carbocycles. The van der Waals surface area contributed by atoms with Gasteiger partial charge in [-0.25, -0.2) is 9.28 Å². The standard InChI is InChI=1S/C16H24N4O2/c1-4-5-6-7-8-9-10-11-20(3)12-17-14-13(20)15(21)18-16(22)19(14)2/h5-6,12H,4,7-11H2,1-3H3/p+1/b6-5-. The lowest BCUT2D eigenvalue weighted by molar-refractivity contribution is 0.473. The molecule has 1 aliphatic heterocycles. The van der Waals surface area contributed by atoms with Gasteiger partial charge in [-0.2, -0.15) is 4.99 Å². The number of aliphatic imine (C=N–C) groups is 1. The molecule has 22 heavy (non-hydrogen) atoms. The summed E-state index contributed by atoms with van der Waals surface area (Å²) in [7, 11) is 3.59. The van der Waals surface area contributed by atoms with Gasteiger partial charge in [0, 0.05) is 7.05 Å². The van der Waals surface area contributed by atoms with Gasteiger partial charge in [0.2, 0.25) is 11.5 Å². The summed E-state index contributed by atoms with van der Waals surface area (Å²) in [5.74, 6) is 0.474. The summed E-state index contributed by atoms with van der Waals surface area (Å²) in [4.78, 5) is 30.4. The Morgan fingerprint density at radius 1 is 1.27 bits per heavy atom. The van der Waals surface area contributed by atoms with E-state index in [9.17, 15) is 9.59 Å². The second-order valence-electron chi connectivity index (χ2n) is 5.96. The molecule has 2 heterocycles. The zero-order valence-corrected chi connectivity index (χ0v) is 13.6. The van der Waals surface area contributed by atoms with Gasteiger partial charge in [-0.3, -0.25) is 14.3 Å². The number of aromatic amines is 1. The predicted octanol–water partition coefficient (Wildman–Crippen LogP) is 2.21. The molecular formula is C16H25N4O2+. The molecule has 1 unspecified atom stereocenters. The molecular weight excluding hydrogens is 280 g/mol. The molecule has 1 aliphatic rings. The van der Waals surface area contributed by atoms with Crippen LogP contribution in [0.25, 0.3) is 0 Å². The molecule has 2 rings (SSSR count). The van der Waals surface area contributed by atoms with Crippen LogP contribution in [0.5, 0.6) is 0 Å². The van der Waals surface area contributed by atoms with Crippen LogP contribution >= 0.6 is 0 Å². The van der Waals surface area contributed by atoms with Crippen LogP contribution in [0.2, 0.25) is 0 Å². The van der Waals surface area contributed by atoms with Crippen LogP contribution in [0.3, 0.4) is 0 Å². The van der Waals surface area contributed by atoms with Crippen molar-refractivity contribution in [2.75, 3.05) is 13.6 Å². The van der Waals surface area contributed by atoms with Gasteiger partial charge in [-0.15, -0.1) is 0 Å². The summed E-state index contributed by atoms with van der Waals surface area (Å²) in [6.45, 7) is 2.95. The van der Waals surface area contributed by atoms with Crippen molar-refractivity contribution in [1.82, 2.24) is 14.0 Å². The second kappa shape index (κ2) is 6.87. The van der Waals surface area contributed by atoms with E-state index in [0.717, 1.165) is 38.6 Å². The van der Waals surface area contributed by atoms with Crippen LogP contribution < -0.4 is 15.7 Å². The van der Waals surface area contributed by atoms with Gasteiger partial charge in [0.1, 0.15) is 0 Å².